The molecule has 1 aliphatic rings. The first kappa shape index (κ1) is 12.2. The summed E-state index contributed by atoms with van der Waals surface area (Å²) in [5.74, 6) is -1.34. The van der Waals surface area contributed by atoms with Crippen LogP contribution in [0.3, 0.4) is 0 Å². The minimum Gasteiger partial charge on any atom is -0.293 e. The molecule has 2 N–H and O–H groups in total. The standard InChI is InChI=1S/C13H12N2O3/c14-13(15(17)18)9-5-4-8-11(13)12(16)10-6-2-1-3-7-10/h1-9,11H,14H2. The van der Waals surface area contributed by atoms with Crippen LogP contribution < -0.4 is 5.73 Å². The zero-order valence-electron chi connectivity index (χ0n) is 9.52. The van der Waals surface area contributed by atoms with Gasteiger partial charge in [0.05, 0.1) is 0 Å². The Labute approximate surface area is 104 Å². The summed E-state index contributed by atoms with van der Waals surface area (Å²) in [7, 11) is 0. The number of carbonyl (C=O) groups is 1. The number of hydrogen-bond donors (Lipinski definition) is 1. The number of hydrogen-bond acceptors (Lipinski definition) is 4. The van der Waals surface area contributed by atoms with Crippen LogP contribution in [0.15, 0.2) is 54.6 Å². The second-order valence-corrected chi connectivity index (χ2v) is 4.10. The molecule has 2 unspecified atom stereocenters. The normalized spacial score (nSPS) is 25.9. The lowest BCUT2D eigenvalue weighted by molar-refractivity contribution is -0.559. The molecule has 0 spiro atoms. The summed E-state index contributed by atoms with van der Waals surface area (Å²) in [6.45, 7) is 0. The van der Waals surface area contributed by atoms with Gasteiger partial charge in [0.25, 0.3) is 0 Å². The number of carbonyl (C=O) groups excluding carboxylic acids is 1. The molecule has 0 aliphatic heterocycles. The van der Waals surface area contributed by atoms with Crippen molar-refractivity contribution in [2.75, 3.05) is 0 Å². The van der Waals surface area contributed by atoms with Gasteiger partial charge in [-0.2, -0.15) is 0 Å². The Bertz CT molecular complexity index is 536. The van der Waals surface area contributed by atoms with Gasteiger partial charge >= 0.3 is 5.66 Å². The van der Waals surface area contributed by atoms with E-state index in [2.05, 4.69) is 0 Å². The van der Waals surface area contributed by atoms with Gasteiger partial charge in [0.15, 0.2) is 5.78 Å². The largest absolute Gasteiger partial charge is 0.305 e. The molecular formula is C13H12N2O3. The van der Waals surface area contributed by atoms with E-state index in [0.29, 0.717) is 5.56 Å². The summed E-state index contributed by atoms with van der Waals surface area (Å²) in [5.41, 5.74) is 4.27. The van der Waals surface area contributed by atoms with Crippen molar-refractivity contribution in [3.8, 4) is 0 Å². The maximum Gasteiger partial charge on any atom is 0.305 e. The smallest absolute Gasteiger partial charge is 0.293 e. The molecule has 5 nitrogen and oxygen atoms in total. The van der Waals surface area contributed by atoms with Crippen LogP contribution >= 0.6 is 0 Å². The van der Waals surface area contributed by atoms with Crippen molar-refractivity contribution >= 4 is 5.78 Å². The second kappa shape index (κ2) is 4.54. The summed E-state index contributed by atoms with van der Waals surface area (Å²) in [6, 6.07) is 8.43. The van der Waals surface area contributed by atoms with E-state index in [4.69, 9.17) is 5.73 Å². The van der Waals surface area contributed by atoms with Gasteiger partial charge in [0, 0.05) is 16.6 Å². The number of rotatable bonds is 3. The van der Waals surface area contributed by atoms with Crippen molar-refractivity contribution in [2.24, 2.45) is 11.7 Å². The van der Waals surface area contributed by atoms with E-state index < -0.39 is 16.5 Å². The van der Waals surface area contributed by atoms with Crippen LogP contribution in [0.2, 0.25) is 0 Å². The van der Waals surface area contributed by atoms with Crippen LogP contribution in [0, 0.1) is 16.0 Å². The van der Waals surface area contributed by atoms with Gasteiger partial charge in [-0.25, -0.2) is 0 Å². The fraction of sp³-hybridized carbons (Fsp3) is 0.154. The van der Waals surface area contributed by atoms with Crippen LogP contribution in [0.1, 0.15) is 10.4 Å². The van der Waals surface area contributed by atoms with Crippen LogP contribution in [0.4, 0.5) is 0 Å². The zero-order chi connectivity index (χ0) is 13.2. The minimum absolute atomic E-state index is 0.351. The van der Waals surface area contributed by atoms with Gasteiger partial charge < -0.3 is 0 Å². The highest BCUT2D eigenvalue weighted by Crippen LogP contribution is 2.26. The summed E-state index contributed by atoms with van der Waals surface area (Å²) in [5, 5.41) is 11.1. The average Bonchev–Trinajstić information content (AvgIpc) is 2.39. The predicted octanol–water partition coefficient (Wildman–Crippen LogP) is 1.54. The molecule has 0 bridgehead atoms. The minimum atomic E-state index is -1.87. The Balaban J connectivity index is 2.38. The van der Waals surface area contributed by atoms with E-state index in [1.165, 1.54) is 18.2 Å². The Hall–Kier alpha value is -2.27. The van der Waals surface area contributed by atoms with Crippen molar-refractivity contribution in [2.45, 2.75) is 5.66 Å². The Kier molecular flexibility index (Phi) is 3.08. The SMILES string of the molecule is NC1([N+](=O)[O-])C=CC=CC1C(=O)c1ccccc1. The van der Waals surface area contributed by atoms with Gasteiger partial charge in [-0.15, -0.1) is 0 Å². The van der Waals surface area contributed by atoms with E-state index in [-0.39, 0.29) is 5.78 Å². The molecule has 92 valence electrons. The van der Waals surface area contributed by atoms with E-state index >= 15 is 0 Å². The fourth-order valence-corrected chi connectivity index (χ4v) is 1.90. The van der Waals surface area contributed by atoms with Gasteiger partial charge in [-0.3, -0.25) is 20.6 Å². The third-order valence-corrected chi connectivity index (χ3v) is 2.93. The molecule has 1 aromatic carbocycles. The highest BCUT2D eigenvalue weighted by atomic mass is 16.6. The quantitative estimate of drug-likeness (QED) is 0.378. The Morgan fingerprint density at radius 1 is 1.28 bits per heavy atom. The Morgan fingerprint density at radius 2 is 1.94 bits per heavy atom. The van der Waals surface area contributed by atoms with Gasteiger partial charge in [-0.1, -0.05) is 48.6 Å². The lowest BCUT2D eigenvalue weighted by atomic mass is 9.83. The molecule has 0 saturated heterocycles. The van der Waals surface area contributed by atoms with Crippen molar-refractivity contribution in [1.82, 2.24) is 0 Å². The summed E-state index contributed by atoms with van der Waals surface area (Å²) in [4.78, 5) is 22.7. The van der Waals surface area contributed by atoms with E-state index in [9.17, 15) is 14.9 Å². The van der Waals surface area contributed by atoms with E-state index in [1.54, 1.807) is 36.4 Å². The fourth-order valence-electron chi connectivity index (χ4n) is 1.90. The number of nitro groups is 1. The monoisotopic (exact) mass is 244 g/mol. The average molecular weight is 244 g/mol. The van der Waals surface area contributed by atoms with Crippen LogP contribution in [0.25, 0.3) is 0 Å². The number of allylic oxidation sites excluding steroid dienone is 2. The van der Waals surface area contributed by atoms with Gasteiger partial charge in [0.2, 0.25) is 0 Å². The van der Waals surface area contributed by atoms with E-state index in [1.807, 2.05) is 0 Å². The van der Waals surface area contributed by atoms with Crippen molar-refractivity contribution in [3.05, 3.63) is 70.3 Å². The summed E-state index contributed by atoms with van der Waals surface area (Å²) < 4.78 is 0. The molecule has 0 aromatic heterocycles. The first-order valence-electron chi connectivity index (χ1n) is 5.44. The summed E-state index contributed by atoms with van der Waals surface area (Å²) in [6.07, 6.45) is 5.80. The molecule has 1 aromatic rings. The molecule has 5 heteroatoms. The number of Topliss-reactive ketones (excluding diaryl/α,β-unsaturated/α-hetero) is 1. The second-order valence-electron chi connectivity index (χ2n) is 4.10. The molecular weight excluding hydrogens is 232 g/mol. The topological polar surface area (TPSA) is 86.2 Å². The molecule has 0 heterocycles. The molecule has 18 heavy (non-hydrogen) atoms. The van der Waals surface area contributed by atoms with Crippen molar-refractivity contribution in [1.29, 1.82) is 0 Å². The predicted molar refractivity (Wildman–Crippen MR) is 66.5 cm³/mol. The highest BCUT2D eigenvalue weighted by Gasteiger charge is 2.48. The molecule has 2 rings (SSSR count). The lowest BCUT2D eigenvalue weighted by Gasteiger charge is -2.25. The lowest BCUT2D eigenvalue weighted by Crippen LogP contribution is -2.55. The van der Waals surface area contributed by atoms with Crippen molar-refractivity contribution < 1.29 is 9.72 Å². The molecule has 0 radical (unpaired) electrons. The van der Waals surface area contributed by atoms with Crippen LogP contribution in [-0.4, -0.2) is 16.4 Å². The third-order valence-electron chi connectivity index (χ3n) is 2.93. The third kappa shape index (κ3) is 1.96. The number of benzene rings is 1. The zero-order valence-corrected chi connectivity index (χ0v) is 9.52. The molecule has 0 amide bonds. The summed E-state index contributed by atoms with van der Waals surface area (Å²) >= 11 is 0. The molecule has 0 fully saturated rings. The number of ketones is 1. The van der Waals surface area contributed by atoms with Gasteiger partial charge in [0.1, 0.15) is 5.92 Å². The Morgan fingerprint density at radius 3 is 2.56 bits per heavy atom. The number of nitrogens with two attached hydrogens (primary N) is 1. The van der Waals surface area contributed by atoms with E-state index in [0.717, 1.165) is 0 Å². The molecule has 2 atom stereocenters. The maximum absolute atomic E-state index is 12.3. The maximum atomic E-state index is 12.3. The molecule has 0 saturated carbocycles. The van der Waals surface area contributed by atoms with Gasteiger partial charge in [-0.05, 0) is 0 Å². The van der Waals surface area contributed by atoms with Crippen LogP contribution in [0.5, 0.6) is 0 Å². The van der Waals surface area contributed by atoms with Crippen LogP contribution in [-0.2, 0) is 0 Å². The highest BCUT2D eigenvalue weighted by molar-refractivity contribution is 6.00. The number of nitrogens with zero attached hydrogens (tertiary/aromatic N) is 1. The first-order chi connectivity index (χ1) is 8.55. The first-order valence-corrected chi connectivity index (χ1v) is 5.44. The molecule has 1 aliphatic carbocycles. The van der Waals surface area contributed by atoms with Crippen molar-refractivity contribution in [3.63, 3.8) is 0 Å².